The molecule has 1 atom stereocenters. The van der Waals surface area contributed by atoms with Crippen LogP contribution in [0.5, 0.6) is 0 Å². The van der Waals surface area contributed by atoms with Crippen LogP contribution in [0.2, 0.25) is 0 Å². The summed E-state index contributed by atoms with van der Waals surface area (Å²) >= 11 is 0. The van der Waals surface area contributed by atoms with Crippen molar-refractivity contribution < 1.29 is 20.1 Å². The maximum Gasteiger partial charge on any atom is 0.119 e. The Morgan fingerprint density at radius 2 is 1.77 bits per heavy atom. The van der Waals surface area contributed by atoms with Gasteiger partial charge in [0.05, 0.1) is 13.2 Å². The van der Waals surface area contributed by atoms with Gasteiger partial charge in [-0.15, -0.1) is 0 Å². The Kier molecular flexibility index (Phi) is 6.24. The molecule has 0 aliphatic carbocycles. The van der Waals surface area contributed by atoms with Crippen molar-refractivity contribution in [2.24, 2.45) is 5.92 Å². The predicted octanol–water partition coefficient (Wildman–Crippen LogP) is -0.235. The van der Waals surface area contributed by atoms with Gasteiger partial charge in [0.2, 0.25) is 0 Å². The molecule has 13 heavy (non-hydrogen) atoms. The molecule has 0 aromatic rings. The molecule has 0 radical (unpaired) electrons. The van der Waals surface area contributed by atoms with E-state index in [-0.39, 0.29) is 25.7 Å². The number of rotatable bonds is 7. The van der Waals surface area contributed by atoms with E-state index in [9.17, 15) is 0 Å². The largest absolute Gasteiger partial charge is 0.396 e. The molecule has 0 saturated carbocycles. The van der Waals surface area contributed by atoms with E-state index in [0.717, 1.165) is 6.42 Å². The third kappa shape index (κ3) is 3.23. The van der Waals surface area contributed by atoms with Crippen LogP contribution in [-0.4, -0.2) is 47.3 Å². The van der Waals surface area contributed by atoms with Gasteiger partial charge in [-0.3, -0.25) is 0 Å². The molecular weight excluding hydrogens is 172 g/mol. The molecule has 1 unspecified atom stereocenters. The smallest absolute Gasteiger partial charge is 0.119 e. The minimum atomic E-state index is -0.995. The molecule has 3 N–H and O–H groups in total. The van der Waals surface area contributed by atoms with Gasteiger partial charge in [-0.2, -0.15) is 0 Å². The number of hydrogen-bond acceptors (Lipinski definition) is 4. The number of ether oxygens (including phenoxy) is 1. The van der Waals surface area contributed by atoms with Crippen LogP contribution in [0.1, 0.15) is 20.3 Å². The summed E-state index contributed by atoms with van der Waals surface area (Å²) in [6, 6.07) is 0. The molecule has 0 fully saturated rings. The molecule has 0 aromatic carbocycles. The van der Waals surface area contributed by atoms with Crippen molar-refractivity contribution in [2.45, 2.75) is 25.9 Å². The van der Waals surface area contributed by atoms with Gasteiger partial charge in [0.25, 0.3) is 0 Å². The quantitative estimate of drug-likeness (QED) is 0.521. The molecule has 4 heteroatoms. The summed E-state index contributed by atoms with van der Waals surface area (Å²) in [5, 5.41) is 27.1. The maximum atomic E-state index is 9.11. The van der Waals surface area contributed by atoms with Crippen LogP contribution in [0.4, 0.5) is 0 Å². The second kappa shape index (κ2) is 6.32. The summed E-state index contributed by atoms with van der Waals surface area (Å²) in [6.45, 7) is 3.51. The molecule has 0 rings (SSSR count). The summed E-state index contributed by atoms with van der Waals surface area (Å²) in [4.78, 5) is 0. The van der Waals surface area contributed by atoms with E-state index >= 15 is 0 Å². The maximum absolute atomic E-state index is 9.11. The lowest BCUT2D eigenvalue weighted by Gasteiger charge is -2.34. The zero-order valence-electron chi connectivity index (χ0n) is 8.36. The molecule has 0 saturated heterocycles. The van der Waals surface area contributed by atoms with Crippen LogP contribution in [0.15, 0.2) is 0 Å². The third-order valence-corrected chi connectivity index (χ3v) is 2.30. The van der Waals surface area contributed by atoms with Crippen LogP contribution in [0.3, 0.4) is 0 Å². The second-order valence-corrected chi connectivity index (χ2v) is 3.31. The molecular formula is C9H20O4. The Hall–Kier alpha value is -0.160. The lowest BCUT2D eigenvalue weighted by Crippen LogP contribution is -2.48. The Bertz CT molecular complexity index is 123. The van der Waals surface area contributed by atoms with Gasteiger partial charge in [-0.25, -0.2) is 0 Å². The lowest BCUT2D eigenvalue weighted by molar-refractivity contribution is -0.147. The van der Waals surface area contributed by atoms with Gasteiger partial charge in [0.15, 0.2) is 0 Å². The van der Waals surface area contributed by atoms with E-state index in [4.69, 9.17) is 20.1 Å². The highest BCUT2D eigenvalue weighted by molar-refractivity contribution is 4.84. The molecule has 0 bridgehead atoms. The number of aliphatic hydroxyl groups excluding tert-OH is 3. The fraction of sp³-hybridized carbons (Fsp3) is 1.00. The minimum absolute atomic E-state index is 0.106. The highest BCUT2D eigenvalue weighted by atomic mass is 16.5. The topological polar surface area (TPSA) is 69.9 Å². The normalized spacial score (nSPS) is 14.5. The summed E-state index contributed by atoms with van der Waals surface area (Å²) < 4.78 is 5.37. The number of hydrogen-bond donors (Lipinski definition) is 3. The van der Waals surface area contributed by atoms with Crippen LogP contribution in [0.25, 0.3) is 0 Å². The standard InChI is InChI=1S/C9H20O4/c1-3-4-13-9(6-11,7-12)8(2)5-10/h8,10-12H,3-7H2,1-2H3. The molecule has 0 aliphatic rings. The highest BCUT2D eigenvalue weighted by Gasteiger charge is 2.35. The van der Waals surface area contributed by atoms with Gasteiger partial charge in [0, 0.05) is 19.1 Å². The SMILES string of the molecule is CCCOC(CO)(CO)C(C)CO. The van der Waals surface area contributed by atoms with Crippen molar-refractivity contribution in [3.8, 4) is 0 Å². The molecule has 0 spiro atoms. The van der Waals surface area contributed by atoms with Crippen molar-refractivity contribution in [2.75, 3.05) is 26.4 Å². The zero-order valence-corrected chi connectivity index (χ0v) is 8.36. The first kappa shape index (κ1) is 12.8. The van der Waals surface area contributed by atoms with Crippen molar-refractivity contribution in [3.05, 3.63) is 0 Å². The summed E-state index contributed by atoms with van der Waals surface area (Å²) in [7, 11) is 0. The average Bonchev–Trinajstić information content (AvgIpc) is 2.19. The Morgan fingerprint density at radius 1 is 1.23 bits per heavy atom. The van der Waals surface area contributed by atoms with E-state index in [1.807, 2.05) is 6.92 Å². The van der Waals surface area contributed by atoms with Crippen molar-refractivity contribution >= 4 is 0 Å². The first-order valence-corrected chi connectivity index (χ1v) is 4.63. The van der Waals surface area contributed by atoms with Gasteiger partial charge < -0.3 is 20.1 Å². The third-order valence-electron chi connectivity index (χ3n) is 2.30. The Balaban J connectivity index is 4.29. The van der Waals surface area contributed by atoms with E-state index in [0.29, 0.717) is 6.61 Å². The Morgan fingerprint density at radius 3 is 2.08 bits per heavy atom. The first-order valence-electron chi connectivity index (χ1n) is 4.63. The van der Waals surface area contributed by atoms with Crippen molar-refractivity contribution in [1.82, 2.24) is 0 Å². The fourth-order valence-corrected chi connectivity index (χ4v) is 1.07. The monoisotopic (exact) mass is 192 g/mol. The predicted molar refractivity (Wildman–Crippen MR) is 49.4 cm³/mol. The van der Waals surface area contributed by atoms with Gasteiger partial charge in [-0.05, 0) is 6.42 Å². The molecule has 0 aromatic heterocycles. The van der Waals surface area contributed by atoms with Gasteiger partial charge in [-0.1, -0.05) is 13.8 Å². The van der Waals surface area contributed by atoms with E-state index < -0.39 is 5.60 Å². The first-order chi connectivity index (χ1) is 6.16. The second-order valence-electron chi connectivity index (χ2n) is 3.31. The van der Waals surface area contributed by atoms with E-state index in [1.54, 1.807) is 6.92 Å². The van der Waals surface area contributed by atoms with Crippen LogP contribution < -0.4 is 0 Å². The molecule has 0 amide bonds. The van der Waals surface area contributed by atoms with Crippen LogP contribution in [-0.2, 0) is 4.74 Å². The summed E-state index contributed by atoms with van der Waals surface area (Å²) in [6.07, 6.45) is 0.819. The summed E-state index contributed by atoms with van der Waals surface area (Å²) in [5.41, 5.74) is -0.995. The van der Waals surface area contributed by atoms with Gasteiger partial charge in [0.1, 0.15) is 5.60 Å². The summed E-state index contributed by atoms with van der Waals surface area (Å²) in [5.74, 6) is -0.269. The van der Waals surface area contributed by atoms with Gasteiger partial charge >= 0.3 is 0 Å². The fourth-order valence-electron chi connectivity index (χ4n) is 1.07. The molecule has 4 nitrogen and oxygen atoms in total. The van der Waals surface area contributed by atoms with Crippen molar-refractivity contribution in [3.63, 3.8) is 0 Å². The highest BCUT2D eigenvalue weighted by Crippen LogP contribution is 2.21. The minimum Gasteiger partial charge on any atom is -0.396 e. The Labute approximate surface area is 79.2 Å². The average molecular weight is 192 g/mol. The zero-order chi connectivity index (χ0) is 10.3. The molecule has 80 valence electrons. The van der Waals surface area contributed by atoms with E-state index in [1.165, 1.54) is 0 Å². The number of aliphatic hydroxyl groups is 3. The van der Waals surface area contributed by atoms with Crippen LogP contribution in [0, 0.1) is 5.92 Å². The molecule has 0 aliphatic heterocycles. The lowest BCUT2D eigenvalue weighted by atomic mass is 9.90. The molecule has 0 heterocycles. The van der Waals surface area contributed by atoms with E-state index in [2.05, 4.69) is 0 Å². The van der Waals surface area contributed by atoms with Crippen LogP contribution >= 0.6 is 0 Å². The van der Waals surface area contributed by atoms with Crippen molar-refractivity contribution in [1.29, 1.82) is 0 Å².